The number of hydrogen-bond acceptors (Lipinski definition) is 13. The number of benzene rings is 2. The summed E-state index contributed by atoms with van der Waals surface area (Å²) in [6.07, 6.45) is 7.78. The summed E-state index contributed by atoms with van der Waals surface area (Å²) < 4.78 is 37.0. The van der Waals surface area contributed by atoms with Crippen molar-refractivity contribution < 1.29 is 37.8 Å². The molecule has 3 saturated heterocycles. The van der Waals surface area contributed by atoms with E-state index < -0.39 is 57.6 Å². The van der Waals surface area contributed by atoms with Crippen LogP contribution in [0.25, 0.3) is 10.9 Å². The largest absolute Gasteiger partial charge is 0.461 e. The summed E-state index contributed by atoms with van der Waals surface area (Å²) in [5.41, 5.74) is -2.05. The molecule has 10 rings (SSSR count). The van der Waals surface area contributed by atoms with Crippen molar-refractivity contribution in [1.82, 2.24) is 14.8 Å². The first kappa shape index (κ1) is 47.5. The van der Waals surface area contributed by atoms with Crippen LogP contribution in [0.1, 0.15) is 118 Å². The van der Waals surface area contributed by atoms with Gasteiger partial charge in [-0.1, -0.05) is 57.7 Å². The van der Waals surface area contributed by atoms with E-state index in [1.807, 2.05) is 29.4 Å². The van der Waals surface area contributed by atoms with E-state index in [-0.39, 0.29) is 63.4 Å². The molecule has 5 heterocycles. The van der Waals surface area contributed by atoms with Crippen molar-refractivity contribution in [2.24, 2.45) is 34.0 Å². The fourth-order valence-electron chi connectivity index (χ4n) is 14.0. The fourth-order valence-corrected chi connectivity index (χ4v) is 16.3. The Kier molecular flexibility index (Phi) is 12.5. The highest BCUT2D eigenvalue weighted by Gasteiger charge is 2.69. The number of ketones is 1. The molecule has 6 fully saturated rings. The molecule has 12 nitrogen and oxygen atoms in total. The van der Waals surface area contributed by atoms with Crippen molar-refractivity contribution in [3.05, 3.63) is 76.2 Å². The number of rotatable bonds is 10. The van der Waals surface area contributed by atoms with Crippen LogP contribution in [0.15, 0.2) is 58.9 Å². The molecule has 0 radical (unpaired) electrons. The van der Waals surface area contributed by atoms with Gasteiger partial charge >= 0.3 is 17.9 Å². The lowest BCUT2D eigenvalue weighted by Gasteiger charge is -2.62. The lowest BCUT2D eigenvalue weighted by molar-refractivity contribution is -0.205. The number of ether oxygens (including phenoxy) is 3. The number of piperidine rings is 1. The molecule has 0 amide bonds. The SMILES string of the molecule is C=C[C@@]1(C)C[C@H](OC(=O)CSC2CC3CCC(C2)N3C)[C@@]2(C)C(C)CCC3(CCC(=O)C32)[C@H](C)[C@@H]1OC(=O)c1ccccc1OC(=O)c1c2n(c3cc(N4CCNCC4)c(F)cc3c1=O)C(C)S2. The molecule has 2 aromatic carbocycles. The lowest BCUT2D eigenvalue weighted by Crippen LogP contribution is -2.63. The van der Waals surface area contributed by atoms with E-state index in [2.05, 4.69) is 44.6 Å². The van der Waals surface area contributed by atoms with Gasteiger partial charge in [0, 0.05) is 78.0 Å². The summed E-state index contributed by atoms with van der Waals surface area (Å²) in [4.78, 5) is 76.2. The molecule has 7 aliphatic rings. The molecule has 11 atom stereocenters. The smallest absolute Gasteiger partial charge is 0.350 e. The van der Waals surface area contributed by atoms with Gasteiger partial charge in [-0.15, -0.1) is 18.3 Å². The Bertz CT molecular complexity index is 2620. The molecular formula is C53H65FN4O8S2. The molecule has 6 unspecified atom stereocenters. The number of piperazine rings is 1. The van der Waals surface area contributed by atoms with Gasteiger partial charge in [0.15, 0.2) is 0 Å². The van der Waals surface area contributed by atoms with Gasteiger partial charge in [-0.3, -0.25) is 14.4 Å². The second kappa shape index (κ2) is 17.9. The molecule has 1 N–H and O–H groups in total. The normalized spacial score (nSPS) is 35.4. The van der Waals surface area contributed by atoms with Gasteiger partial charge in [-0.05, 0) is 101 Å². The van der Waals surface area contributed by atoms with Crippen molar-refractivity contribution in [3.63, 3.8) is 0 Å². The van der Waals surface area contributed by atoms with E-state index >= 15 is 4.39 Å². The van der Waals surface area contributed by atoms with Crippen molar-refractivity contribution >= 4 is 63.8 Å². The maximum absolute atomic E-state index is 15.8. The maximum atomic E-state index is 15.8. The highest BCUT2D eigenvalue weighted by molar-refractivity contribution is 8.00. The van der Waals surface area contributed by atoms with Crippen LogP contribution in [0.5, 0.6) is 5.75 Å². The van der Waals surface area contributed by atoms with Gasteiger partial charge in [0.05, 0.1) is 27.4 Å². The van der Waals surface area contributed by atoms with Crippen LogP contribution in [-0.4, -0.2) is 102 Å². The summed E-state index contributed by atoms with van der Waals surface area (Å²) in [5, 5.41) is 4.03. The van der Waals surface area contributed by atoms with Crippen molar-refractivity contribution in [3.8, 4) is 5.75 Å². The predicted octanol–water partition coefficient (Wildman–Crippen LogP) is 8.82. The number of nitrogens with one attached hydrogen (secondary N) is 1. The Morgan fingerprint density at radius 1 is 0.985 bits per heavy atom. The van der Waals surface area contributed by atoms with Gasteiger partial charge in [0.2, 0.25) is 5.43 Å². The van der Waals surface area contributed by atoms with E-state index in [1.165, 1.54) is 42.8 Å². The highest BCUT2D eigenvalue weighted by Crippen LogP contribution is 2.68. The van der Waals surface area contributed by atoms with E-state index in [4.69, 9.17) is 14.2 Å². The molecule has 3 aliphatic carbocycles. The topological polar surface area (TPSA) is 136 Å². The number of para-hydroxylation sites is 1. The van der Waals surface area contributed by atoms with Crippen LogP contribution in [0.2, 0.25) is 0 Å². The molecule has 1 aromatic heterocycles. The third-order valence-electron chi connectivity index (χ3n) is 18.1. The number of anilines is 1. The average molecular weight is 969 g/mol. The molecule has 0 spiro atoms. The quantitative estimate of drug-likeness (QED) is 0.118. The molecular weight excluding hydrogens is 904 g/mol. The maximum Gasteiger partial charge on any atom is 0.350 e. The average Bonchev–Trinajstić information content (AvgIpc) is 3.76. The van der Waals surface area contributed by atoms with Gasteiger partial charge in [-0.2, -0.15) is 0 Å². The number of carbonyl (C=O) groups excluding carboxylic acids is 4. The van der Waals surface area contributed by atoms with Gasteiger partial charge in [-0.25, -0.2) is 14.0 Å². The van der Waals surface area contributed by atoms with Crippen LogP contribution >= 0.6 is 23.5 Å². The number of thioether (sulfide) groups is 2. The molecule has 15 heteroatoms. The Hall–Kier alpha value is -4.18. The number of carbonyl (C=O) groups is 4. The molecule has 68 heavy (non-hydrogen) atoms. The Morgan fingerprint density at radius 2 is 1.71 bits per heavy atom. The fraction of sp³-hybridized carbons (Fsp3) is 0.604. The Balaban J connectivity index is 0.936. The molecule has 4 aliphatic heterocycles. The zero-order valence-corrected chi connectivity index (χ0v) is 41.8. The van der Waals surface area contributed by atoms with Crippen LogP contribution in [0.4, 0.5) is 10.1 Å². The highest BCUT2D eigenvalue weighted by atomic mass is 32.2. The zero-order chi connectivity index (χ0) is 48.0. The number of aromatic nitrogens is 1. The molecule has 4 bridgehead atoms. The van der Waals surface area contributed by atoms with Crippen LogP contribution < -0.4 is 20.4 Å². The summed E-state index contributed by atoms with van der Waals surface area (Å²) >= 11 is 3.04. The minimum absolute atomic E-state index is 0.0185. The lowest BCUT2D eigenvalue weighted by atomic mass is 9.44. The number of pyridine rings is 1. The standard InChI is InChI=1S/C53H65FN4O8S2/c1-8-51(5)27-42(65-43(60)28-67-34-23-32-13-14-33(24-34)56(32)7)52(6)29(2)15-17-53(18-16-40(59)46(52)53)30(3)47(51)66-49(62)35-11-9-10-12-41(35)64-50(63)44-45(61)36-25-37(54)39(57-21-19-55-20-22-57)26-38(36)58-31(4)68-48(44)58/h8-12,25-26,29-34,42,46-47,55H,1,13-24,27-28H2,2-7H3/t29?,30-,31?,32?,33?,34?,42+,46?,47+,51+,52-,53?/m1/s1. The first-order chi connectivity index (χ1) is 32.5. The van der Waals surface area contributed by atoms with Crippen molar-refractivity contribution in [1.29, 1.82) is 0 Å². The Morgan fingerprint density at radius 3 is 2.41 bits per heavy atom. The third kappa shape index (κ3) is 7.66. The number of Topliss-reactive ketones (excluding diaryl/α,β-unsaturated/α-hetero) is 1. The second-order valence-electron chi connectivity index (χ2n) is 21.4. The van der Waals surface area contributed by atoms with Crippen molar-refractivity contribution in [2.45, 2.75) is 132 Å². The number of fused-ring (bicyclic) bond motifs is 5. The third-order valence-corrected chi connectivity index (χ3v) is 20.5. The predicted molar refractivity (Wildman–Crippen MR) is 263 cm³/mol. The molecule has 3 saturated carbocycles. The van der Waals surface area contributed by atoms with Crippen LogP contribution in [-0.2, 0) is 19.1 Å². The molecule has 3 aromatic rings. The van der Waals surface area contributed by atoms with Crippen LogP contribution in [0, 0.1) is 39.8 Å². The van der Waals surface area contributed by atoms with Crippen LogP contribution in [0.3, 0.4) is 0 Å². The number of nitrogens with zero attached hydrogens (tertiary/aromatic N) is 3. The van der Waals surface area contributed by atoms with E-state index in [1.54, 1.807) is 30.0 Å². The minimum Gasteiger partial charge on any atom is -0.461 e. The summed E-state index contributed by atoms with van der Waals surface area (Å²) in [5.74, 6) is -2.85. The number of hydrogen-bond donors (Lipinski definition) is 1. The van der Waals surface area contributed by atoms with Crippen molar-refractivity contribution in [2.75, 3.05) is 43.9 Å². The van der Waals surface area contributed by atoms with Gasteiger partial charge < -0.3 is 33.9 Å². The van der Waals surface area contributed by atoms with E-state index in [0.717, 1.165) is 25.7 Å². The first-order valence-corrected chi connectivity index (χ1v) is 26.7. The van der Waals surface area contributed by atoms with E-state index in [9.17, 15) is 24.0 Å². The van der Waals surface area contributed by atoms with Gasteiger partial charge in [0.25, 0.3) is 0 Å². The zero-order valence-electron chi connectivity index (χ0n) is 40.1. The van der Waals surface area contributed by atoms with E-state index in [0.29, 0.717) is 72.6 Å². The number of halogens is 1. The summed E-state index contributed by atoms with van der Waals surface area (Å²) in [6, 6.07) is 10.3. The number of esters is 3. The minimum atomic E-state index is -0.963. The Labute approximate surface area is 406 Å². The molecule has 364 valence electrons. The summed E-state index contributed by atoms with van der Waals surface area (Å²) in [6.45, 7) is 17.4. The van der Waals surface area contributed by atoms with Gasteiger partial charge in [0.1, 0.15) is 40.7 Å². The summed E-state index contributed by atoms with van der Waals surface area (Å²) in [7, 11) is 2.21. The second-order valence-corrected chi connectivity index (χ2v) is 24.0. The monoisotopic (exact) mass is 968 g/mol. The first-order valence-electron chi connectivity index (χ1n) is 24.7.